The Morgan fingerprint density at radius 1 is 1.15 bits per heavy atom. The summed E-state index contributed by atoms with van der Waals surface area (Å²) < 4.78 is 2.01. The number of rotatable bonds is 3. The van der Waals surface area contributed by atoms with E-state index >= 15 is 0 Å². The lowest BCUT2D eigenvalue weighted by atomic mass is 10.2. The normalized spacial score (nSPS) is 10.2. The monoisotopic (exact) mass is 271 g/mol. The molecule has 2 rings (SSSR count). The van der Waals surface area contributed by atoms with Gasteiger partial charge in [-0.3, -0.25) is 0 Å². The quantitative estimate of drug-likeness (QED) is 0.631. The van der Waals surface area contributed by atoms with Crippen molar-refractivity contribution in [3.8, 4) is 5.69 Å². The molecule has 5 nitrogen and oxygen atoms in total. The lowest BCUT2D eigenvalue weighted by molar-refractivity contribution is 0.479. The van der Waals surface area contributed by atoms with E-state index in [2.05, 4.69) is 17.1 Å². The molecule has 1 aromatic carbocycles. The van der Waals surface area contributed by atoms with E-state index in [0.29, 0.717) is 6.54 Å². The number of nitrogens with zero attached hydrogens (tertiary/aromatic N) is 5. The molecular weight excluding hydrogens is 250 g/mol. The maximum absolute atomic E-state index is 4.70. The summed E-state index contributed by atoms with van der Waals surface area (Å²) in [7, 11) is 8.00. The van der Waals surface area contributed by atoms with E-state index in [0.717, 1.165) is 11.6 Å². The van der Waals surface area contributed by atoms with Crippen molar-refractivity contribution < 1.29 is 0 Å². The molecule has 0 fully saturated rings. The van der Waals surface area contributed by atoms with Gasteiger partial charge in [0, 0.05) is 40.6 Å². The van der Waals surface area contributed by atoms with Crippen molar-refractivity contribution >= 4 is 5.96 Å². The Kier molecular flexibility index (Phi) is 4.40. The van der Waals surface area contributed by atoms with Crippen LogP contribution in [0.25, 0.3) is 5.69 Å². The van der Waals surface area contributed by atoms with E-state index in [1.165, 1.54) is 5.56 Å². The van der Waals surface area contributed by atoms with Crippen LogP contribution in [0.1, 0.15) is 5.56 Å². The van der Waals surface area contributed by atoms with Crippen LogP contribution in [-0.2, 0) is 6.54 Å². The van der Waals surface area contributed by atoms with Crippen LogP contribution in [0.2, 0.25) is 0 Å². The minimum atomic E-state index is 0.639. The number of hydrogen-bond donors (Lipinski definition) is 0. The van der Waals surface area contributed by atoms with Crippen molar-refractivity contribution in [3.05, 3.63) is 48.5 Å². The van der Waals surface area contributed by atoms with E-state index < -0.39 is 0 Å². The summed E-state index contributed by atoms with van der Waals surface area (Å²) in [4.78, 5) is 12.8. The second-order valence-corrected chi connectivity index (χ2v) is 5.00. The zero-order valence-electron chi connectivity index (χ0n) is 12.5. The number of benzene rings is 1. The highest BCUT2D eigenvalue weighted by Crippen LogP contribution is 2.15. The molecule has 0 N–H and O–H groups in total. The fourth-order valence-electron chi connectivity index (χ4n) is 2.14. The van der Waals surface area contributed by atoms with Crippen LogP contribution in [0, 0.1) is 0 Å². The van der Waals surface area contributed by atoms with Gasteiger partial charge in [-0.2, -0.15) is 0 Å². The Labute approximate surface area is 120 Å². The van der Waals surface area contributed by atoms with Gasteiger partial charge in [0.2, 0.25) is 0 Å². The Morgan fingerprint density at radius 2 is 1.85 bits per heavy atom. The van der Waals surface area contributed by atoms with E-state index in [1.807, 2.05) is 60.9 Å². The van der Waals surface area contributed by atoms with Crippen molar-refractivity contribution in [2.45, 2.75) is 6.54 Å². The molecule has 1 heterocycles. The molecule has 0 radical (unpaired) electrons. The van der Waals surface area contributed by atoms with Crippen LogP contribution in [0.15, 0.2) is 48.0 Å². The van der Waals surface area contributed by atoms with Gasteiger partial charge in [-0.1, -0.05) is 18.2 Å². The zero-order chi connectivity index (χ0) is 14.5. The fraction of sp³-hybridized carbons (Fsp3) is 0.333. The molecule has 5 heteroatoms. The van der Waals surface area contributed by atoms with Crippen LogP contribution < -0.4 is 0 Å². The maximum Gasteiger partial charge on any atom is 0.195 e. The SMILES string of the molecule is CN(C)C(=NCc1ccccc1-n1ccnc1)N(C)C. The molecule has 0 aliphatic rings. The number of guanidine groups is 1. The predicted octanol–water partition coefficient (Wildman–Crippen LogP) is 1.85. The average Bonchev–Trinajstić information content (AvgIpc) is 2.92. The third-order valence-electron chi connectivity index (χ3n) is 2.97. The number of aromatic nitrogens is 2. The van der Waals surface area contributed by atoms with Crippen LogP contribution in [0.5, 0.6) is 0 Å². The molecule has 106 valence electrons. The Bertz CT molecular complexity index is 560. The van der Waals surface area contributed by atoms with E-state index in [4.69, 9.17) is 4.99 Å². The first-order valence-electron chi connectivity index (χ1n) is 6.55. The minimum Gasteiger partial charge on any atom is -0.349 e. The van der Waals surface area contributed by atoms with Crippen molar-refractivity contribution in [1.29, 1.82) is 0 Å². The highest BCUT2D eigenvalue weighted by molar-refractivity contribution is 5.79. The maximum atomic E-state index is 4.70. The highest BCUT2D eigenvalue weighted by atomic mass is 15.3. The Morgan fingerprint density at radius 3 is 2.45 bits per heavy atom. The Hall–Kier alpha value is -2.30. The lowest BCUT2D eigenvalue weighted by Gasteiger charge is -2.22. The molecule has 0 unspecified atom stereocenters. The largest absolute Gasteiger partial charge is 0.349 e. The minimum absolute atomic E-state index is 0.639. The molecule has 20 heavy (non-hydrogen) atoms. The summed E-state index contributed by atoms with van der Waals surface area (Å²) in [6, 6.07) is 8.25. The number of hydrogen-bond acceptors (Lipinski definition) is 2. The topological polar surface area (TPSA) is 36.7 Å². The lowest BCUT2D eigenvalue weighted by Crippen LogP contribution is -2.35. The third kappa shape index (κ3) is 3.17. The summed E-state index contributed by atoms with van der Waals surface area (Å²) in [5, 5.41) is 0. The molecule has 0 atom stereocenters. The molecule has 0 saturated carbocycles. The van der Waals surface area contributed by atoms with Crippen LogP contribution in [-0.4, -0.2) is 53.5 Å². The summed E-state index contributed by atoms with van der Waals surface area (Å²) in [5.41, 5.74) is 2.29. The highest BCUT2D eigenvalue weighted by Gasteiger charge is 2.06. The molecule has 0 aliphatic carbocycles. The van der Waals surface area contributed by atoms with Crippen LogP contribution in [0.4, 0.5) is 0 Å². The van der Waals surface area contributed by atoms with Gasteiger partial charge in [-0.25, -0.2) is 9.98 Å². The molecule has 0 spiro atoms. The van der Waals surface area contributed by atoms with Gasteiger partial charge in [0.15, 0.2) is 5.96 Å². The van der Waals surface area contributed by atoms with Crippen molar-refractivity contribution in [2.75, 3.05) is 28.2 Å². The van der Waals surface area contributed by atoms with Gasteiger partial charge >= 0.3 is 0 Å². The fourth-order valence-corrected chi connectivity index (χ4v) is 2.14. The van der Waals surface area contributed by atoms with Gasteiger partial charge in [0.05, 0.1) is 18.6 Å². The van der Waals surface area contributed by atoms with Crippen LogP contribution >= 0.6 is 0 Å². The number of aliphatic imine (C=N–C) groups is 1. The van der Waals surface area contributed by atoms with Crippen molar-refractivity contribution in [1.82, 2.24) is 19.4 Å². The average molecular weight is 271 g/mol. The number of para-hydroxylation sites is 1. The smallest absolute Gasteiger partial charge is 0.195 e. The predicted molar refractivity (Wildman–Crippen MR) is 82.1 cm³/mol. The first kappa shape index (κ1) is 14.1. The van der Waals surface area contributed by atoms with Gasteiger partial charge in [0.25, 0.3) is 0 Å². The number of imidazole rings is 1. The summed E-state index contributed by atoms with van der Waals surface area (Å²) in [6.45, 7) is 0.639. The first-order valence-corrected chi connectivity index (χ1v) is 6.55. The molecule has 1 aromatic heterocycles. The second kappa shape index (κ2) is 6.23. The summed E-state index contributed by atoms with van der Waals surface area (Å²) in [6.07, 6.45) is 5.54. The molecular formula is C15H21N5. The molecule has 0 bridgehead atoms. The molecule has 0 amide bonds. The summed E-state index contributed by atoms with van der Waals surface area (Å²) in [5.74, 6) is 0.949. The van der Waals surface area contributed by atoms with Crippen molar-refractivity contribution in [3.63, 3.8) is 0 Å². The van der Waals surface area contributed by atoms with Gasteiger partial charge in [0.1, 0.15) is 0 Å². The van der Waals surface area contributed by atoms with Gasteiger partial charge in [-0.15, -0.1) is 0 Å². The van der Waals surface area contributed by atoms with Gasteiger partial charge in [-0.05, 0) is 11.6 Å². The van der Waals surface area contributed by atoms with Gasteiger partial charge < -0.3 is 14.4 Å². The molecule has 0 aliphatic heterocycles. The van der Waals surface area contributed by atoms with Crippen molar-refractivity contribution in [2.24, 2.45) is 4.99 Å². The standard InChI is InChI=1S/C15H21N5/c1-18(2)15(19(3)4)17-11-13-7-5-6-8-14(13)20-10-9-16-12-20/h5-10,12H,11H2,1-4H3. The summed E-state index contributed by atoms with van der Waals surface area (Å²) >= 11 is 0. The Balaban J connectivity index is 2.28. The zero-order valence-corrected chi connectivity index (χ0v) is 12.5. The van der Waals surface area contributed by atoms with E-state index in [9.17, 15) is 0 Å². The molecule has 2 aromatic rings. The van der Waals surface area contributed by atoms with E-state index in [1.54, 1.807) is 12.5 Å². The second-order valence-electron chi connectivity index (χ2n) is 5.00. The first-order chi connectivity index (χ1) is 9.59. The third-order valence-corrected chi connectivity index (χ3v) is 2.97. The van der Waals surface area contributed by atoms with E-state index in [-0.39, 0.29) is 0 Å². The van der Waals surface area contributed by atoms with Crippen LogP contribution in [0.3, 0.4) is 0 Å². The molecule has 0 saturated heterocycles.